The molecule has 1 aliphatic rings. The molecule has 0 saturated carbocycles. The molecule has 0 unspecified atom stereocenters. The largest absolute Gasteiger partial charge is 0.393 e. The Morgan fingerprint density at radius 2 is 1.78 bits per heavy atom. The van der Waals surface area contributed by atoms with Crippen LogP contribution in [0.15, 0.2) is 65.2 Å². The molecule has 0 bridgehead atoms. The number of anilines is 1. The predicted octanol–water partition coefficient (Wildman–Crippen LogP) is 3.58. The van der Waals surface area contributed by atoms with Crippen LogP contribution in [-0.4, -0.2) is 17.2 Å². The van der Waals surface area contributed by atoms with Gasteiger partial charge in [0.05, 0.1) is 16.7 Å². The molecule has 0 aliphatic carbocycles. The summed E-state index contributed by atoms with van der Waals surface area (Å²) in [6, 6.07) is 17.1. The Bertz CT molecular complexity index is 938. The maximum Gasteiger partial charge on any atom is 0.325 e. The second-order valence-electron chi connectivity index (χ2n) is 5.77. The third kappa shape index (κ3) is 4.25. The van der Waals surface area contributed by atoms with E-state index in [9.17, 15) is 14.9 Å². The standard InChI is InChI=1S/C19H15ClN4O2S/c20-12-6-8-13(9-7-12)23-19(26)24-18(25)16-15(11-4-2-1-3-5-11)14(10-21)17(22)27-16/h1-9,15-16H,22H2,(H2,23,24,25,26)/t15-,16-/m0/s1. The zero-order chi connectivity index (χ0) is 19.4. The molecule has 0 saturated heterocycles. The van der Waals surface area contributed by atoms with E-state index in [1.807, 2.05) is 30.3 Å². The molecule has 0 spiro atoms. The van der Waals surface area contributed by atoms with Gasteiger partial charge in [-0.25, -0.2) is 4.79 Å². The van der Waals surface area contributed by atoms with Crippen LogP contribution >= 0.6 is 23.4 Å². The van der Waals surface area contributed by atoms with E-state index in [0.29, 0.717) is 21.3 Å². The second-order valence-corrected chi connectivity index (χ2v) is 7.39. The lowest BCUT2D eigenvalue weighted by molar-refractivity contribution is -0.119. The number of allylic oxidation sites excluding steroid dienone is 1. The van der Waals surface area contributed by atoms with Gasteiger partial charge in [-0.2, -0.15) is 5.26 Å². The zero-order valence-corrected chi connectivity index (χ0v) is 15.6. The molecule has 3 amide bonds. The number of hydrogen-bond donors (Lipinski definition) is 3. The maximum absolute atomic E-state index is 12.7. The summed E-state index contributed by atoms with van der Waals surface area (Å²) in [5, 5.41) is 14.4. The molecule has 0 radical (unpaired) electrons. The van der Waals surface area contributed by atoms with Crippen LogP contribution in [0.3, 0.4) is 0 Å². The van der Waals surface area contributed by atoms with Crippen molar-refractivity contribution in [1.29, 1.82) is 5.26 Å². The molecule has 6 nitrogen and oxygen atoms in total. The molecule has 8 heteroatoms. The number of thioether (sulfide) groups is 1. The molecular weight excluding hydrogens is 384 g/mol. The number of halogens is 1. The topological polar surface area (TPSA) is 108 Å². The Kier molecular flexibility index (Phi) is 5.69. The van der Waals surface area contributed by atoms with Gasteiger partial charge in [0.1, 0.15) is 5.25 Å². The Morgan fingerprint density at radius 1 is 1.11 bits per heavy atom. The molecule has 1 heterocycles. The fourth-order valence-corrected chi connectivity index (χ4v) is 4.08. The van der Waals surface area contributed by atoms with E-state index < -0.39 is 23.1 Å². The van der Waals surface area contributed by atoms with Crippen molar-refractivity contribution in [2.75, 3.05) is 5.32 Å². The van der Waals surface area contributed by atoms with E-state index in [1.165, 1.54) is 0 Å². The highest BCUT2D eigenvalue weighted by Gasteiger charge is 2.41. The van der Waals surface area contributed by atoms with Gasteiger partial charge in [-0.1, -0.05) is 53.7 Å². The fraction of sp³-hybridized carbons (Fsp3) is 0.105. The lowest BCUT2D eigenvalue weighted by atomic mass is 9.89. The first kappa shape index (κ1) is 18.8. The van der Waals surface area contributed by atoms with Crippen molar-refractivity contribution in [2.45, 2.75) is 11.2 Å². The van der Waals surface area contributed by atoms with Gasteiger partial charge >= 0.3 is 6.03 Å². The summed E-state index contributed by atoms with van der Waals surface area (Å²) >= 11 is 6.89. The SMILES string of the molecule is N#CC1=C(N)S[C@H](C(=O)NC(=O)Nc2ccc(Cl)cc2)[C@H]1c1ccccc1. The number of amides is 3. The number of benzene rings is 2. The highest BCUT2D eigenvalue weighted by atomic mass is 35.5. The van der Waals surface area contributed by atoms with Gasteiger partial charge in [0, 0.05) is 16.6 Å². The van der Waals surface area contributed by atoms with Gasteiger partial charge in [0.15, 0.2) is 0 Å². The molecule has 0 aromatic heterocycles. The summed E-state index contributed by atoms with van der Waals surface area (Å²) in [7, 11) is 0. The summed E-state index contributed by atoms with van der Waals surface area (Å²) in [5.41, 5.74) is 7.57. The predicted molar refractivity (Wildman–Crippen MR) is 106 cm³/mol. The van der Waals surface area contributed by atoms with Crippen molar-refractivity contribution in [3.63, 3.8) is 0 Å². The summed E-state index contributed by atoms with van der Waals surface area (Å²) < 4.78 is 0. The minimum atomic E-state index is -0.710. The van der Waals surface area contributed by atoms with E-state index in [4.69, 9.17) is 17.3 Å². The zero-order valence-electron chi connectivity index (χ0n) is 14.0. The van der Waals surface area contributed by atoms with E-state index in [2.05, 4.69) is 16.7 Å². The van der Waals surface area contributed by atoms with Crippen LogP contribution in [0.4, 0.5) is 10.5 Å². The van der Waals surface area contributed by atoms with Crippen LogP contribution in [-0.2, 0) is 4.79 Å². The third-order valence-corrected chi connectivity index (χ3v) is 5.48. The lowest BCUT2D eigenvalue weighted by Crippen LogP contribution is -2.41. The van der Waals surface area contributed by atoms with Gasteiger partial charge in [-0.15, -0.1) is 0 Å². The Labute approximate surface area is 165 Å². The van der Waals surface area contributed by atoms with Crippen LogP contribution in [0, 0.1) is 11.3 Å². The molecule has 3 rings (SSSR count). The first-order chi connectivity index (χ1) is 13.0. The van der Waals surface area contributed by atoms with E-state index >= 15 is 0 Å². The number of nitrogens with zero attached hydrogens (tertiary/aromatic N) is 1. The smallest absolute Gasteiger partial charge is 0.325 e. The average Bonchev–Trinajstić information content (AvgIpc) is 3.00. The van der Waals surface area contributed by atoms with Gasteiger partial charge in [0.25, 0.3) is 0 Å². The monoisotopic (exact) mass is 398 g/mol. The van der Waals surface area contributed by atoms with E-state index in [-0.39, 0.29) is 0 Å². The number of carbonyl (C=O) groups excluding carboxylic acids is 2. The number of nitrogens with two attached hydrogens (primary N) is 1. The number of rotatable bonds is 3. The van der Waals surface area contributed by atoms with Gasteiger partial charge in [-0.3, -0.25) is 10.1 Å². The Hall–Kier alpha value is -2.95. The lowest BCUT2D eigenvalue weighted by Gasteiger charge is -2.19. The molecule has 2 aromatic rings. The number of hydrogen-bond acceptors (Lipinski definition) is 5. The molecule has 2 aromatic carbocycles. The molecule has 27 heavy (non-hydrogen) atoms. The van der Waals surface area contributed by atoms with Crippen LogP contribution in [0.2, 0.25) is 5.02 Å². The van der Waals surface area contributed by atoms with Crippen molar-refractivity contribution in [1.82, 2.24) is 5.32 Å². The molecule has 1 aliphatic heterocycles. The van der Waals surface area contributed by atoms with E-state index in [0.717, 1.165) is 17.3 Å². The van der Waals surface area contributed by atoms with Crippen LogP contribution < -0.4 is 16.4 Å². The van der Waals surface area contributed by atoms with Crippen LogP contribution in [0.1, 0.15) is 11.5 Å². The van der Waals surface area contributed by atoms with Gasteiger partial charge in [0.2, 0.25) is 5.91 Å². The molecule has 2 atom stereocenters. The first-order valence-electron chi connectivity index (χ1n) is 7.98. The van der Waals surface area contributed by atoms with Crippen molar-refractivity contribution in [3.05, 3.63) is 75.8 Å². The normalized spacial score (nSPS) is 18.7. The highest BCUT2D eigenvalue weighted by molar-refractivity contribution is 8.04. The summed E-state index contributed by atoms with van der Waals surface area (Å²) in [6.45, 7) is 0. The van der Waals surface area contributed by atoms with Crippen molar-refractivity contribution in [2.24, 2.45) is 5.73 Å². The number of imide groups is 1. The Morgan fingerprint density at radius 3 is 2.41 bits per heavy atom. The highest BCUT2D eigenvalue weighted by Crippen LogP contribution is 2.45. The third-order valence-electron chi connectivity index (χ3n) is 4.01. The quantitative estimate of drug-likeness (QED) is 0.732. The summed E-state index contributed by atoms with van der Waals surface area (Å²) in [6.07, 6.45) is 0. The number of urea groups is 1. The van der Waals surface area contributed by atoms with Crippen LogP contribution in [0.25, 0.3) is 0 Å². The summed E-state index contributed by atoms with van der Waals surface area (Å²) in [5.74, 6) is -1.03. The molecule has 0 fully saturated rings. The number of nitriles is 1. The van der Waals surface area contributed by atoms with Gasteiger partial charge < -0.3 is 11.1 Å². The van der Waals surface area contributed by atoms with E-state index in [1.54, 1.807) is 24.3 Å². The number of carbonyl (C=O) groups is 2. The minimum Gasteiger partial charge on any atom is -0.393 e. The fourth-order valence-electron chi connectivity index (χ4n) is 2.78. The Balaban J connectivity index is 1.74. The average molecular weight is 399 g/mol. The first-order valence-corrected chi connectivity index (χ1v) is 9.24. The van der Waals surface area contributed by atoms with Crippen molar-refractivity contribution >= 4 is 41.0 Å². The number of nitrogens with one attached hydrogen (secondary N) is 2. The van der Waals surface area contributed by atoms with Gasteiger partial charge in [-0.05, 0) is 29.8 Å². The molecule has 4 N–H and O–H groups in total. The maximum atomic E-state index is 12.7. The minimum absolute atomic E-state index is 0.296. The van der Waals surface area contributed by atoms with Crippen LogP contribution in [0.5, 0.6) is 0 Å². The molecular formula is C19H15ClN4O2S. The van der Waals surface area contributed by atoms with Crippen molar-refractivity contribution < 1.29 is 9.59 Å². The second kappa shape index (κ2) is 8.16. The molecule has 136 valence electrons. The summed E-state index contributed by atoms with van der Waals surface area (Å²) in [4.78, 5) is 24.8. The van der Waals surface area contributed by atoms with Crippen molar-refractivity contribution in [3.8, 4) is 6.07 Å².